The molecule has 21 heavy (non-hydrogen) atoms. The molecule has 0 bridgehead atoms. The fraction of sp³-hybridized carbons (Fsp3) is 0.462. The lowest BCUT2D eigenvalue weighted by molar-refractivity contribution is 0.381. The quantitative estimate of drug-likeness (QED) is 0.869. The Morgan fingerprint density at radius 3 is 2.95 bits per heavy atom. The lowest BCUT2D eigenvalue weighted by atomic mass is 10.2. The van der Waals surface area contributed by atoms with Gasteiger partial charge in [0.1, 0.15) is 11.3 Å². The van der Waals surface area contributed by atoms with Gasteiger partial charge in [-0.1, -0.05) is 11.6 Å². The molecule has 1 N–H and O–H groups in total. The summed E-state index contributed by atoms with van der Waals surface area (Å²) < 4.78 is 19.2. The number of likely N-dealkylation sites (N-methyl/N-ethyl adjacent to an activating group) is 1. The van der Waals surface area contributed by atoms with Crippen molar-refractivity contribution in [3.8, 4) is 6.01 Å². The Labute approximate surface area is 126 Å². The van der Waals surface area contributed by atoms with Crippen molar-refractivity contribution in [2.75, 3.05) is 32.1 Å². The SMILES string of the molecule is COc1nc(N(C)C2CCNC2)c2cnc(Cl)c(F)c2n1. The molecule has 0 amide bonds. The Morgan fingerprint density at radius 1 is 1.48 bits per heavy atom. The lowest BCUT2D eigenvalue weighted by Gasteiger charge is -2.26. The largest absolute Gasteiger partial charge is 0.467 e. The highest BCUT2D eigenvalue weighted by Crippen LogP contribution is 2.30. The van der Waals surface area contributed by atoms with E-state index in [2.05, 4.69) is 20.3 Å². The van der Waals surface area contributed by atoms with E-state index in [1.807, 2.05) is 11.9 Å². The predicted octanol–water partition coefficient (Wildman–Crippen LogP) is 1.62. The van der Waals surface area contributed by atoms with Crippen molar-refractivity contribution in [3.63, 3.8) is 0 Å². The molecule has 0 saturated carbocycles. The third-order valence-corrected chi connectivity index (χ3v) is 3.96. The molecule has 6 nitrogen and oxygen atoms in total. The first kappa shape index (κ1) is 14.2. The van der Waals surface area contributed by atoms with Crippen LogP contribution >= 0.6 is 11.6 Å². The first-order chi connectivity index (χ1) is 10.1. The van der Waals surface area contributed by atoms with E-state index in [0.717, 1.165) is 19.5 Å². The molecule has 1 fully saturated rings. The molecule has 0 spiro atoms. The zero-order chi connectivity index (χ0) is 15.0. The van der Waals surface area contributed by atoms with Crippen LogP contribution in [-0.2, 0) is 0 Å². The van der Waals surface area contributed by atoms with E-state index >= 15 is 0 Å². The number of fused-ring (bicyclic) bond motifs is 1. The van der Waals surface area contributed by atoms with Gasteiger partial charge in [-0.15, -0.1) is 0 Å². The summed E-state index contributed by atoms with van der Waals surface area (Å²) in [7, 11) is 3.37. The average molecular weight is 312 g/mol. The summed E-state index contributed by atoms with van der Waals surface area (Å²) in [6.07, 6.45) is 2.49. The molecule has 8 heteroatoms. The maximum Gasteiger partial charge on any atom is 0.318 e. The standard InChI is InChI=1S/C13H15ClFN5O/c1-20(7-3-4-16-5-7)12-8-6-17-11(14)9(15)10(8)18-13(19-12)21-2/h6-7,16H,3-5H2,1-2H3. The van der Waals surface area contributed by atoms with Gasteiger partial charge in [0.2, 0.25) is 0 Å². The summed E-state index contributed by atoms with van der Waals surface area (Å²) in [5, 5.41) is 3.60. The minimum Gasteiger partial charge on any atom is -0.467 e. The van der Waals surface area contributed by atoms with E-state index in [9.17, 15) is 4.39 Å². The fourth-order valence-electron chi connectivity index (χ4n) is 2.50. The third-order valence-electron chi connectivity index (χ3n) is 3.70. The van der Waals surface area contributed by atoms with Crippen LogP contribution in [0.1, 0.15) is 6.42 Å². The number of pyridine rings is 1. The Bertz CT molecular complexity index is 677. The maximum atomic E-state index is 14.2. The highest BCUT2D eigenvalue weighted by molar-refractivity contribution is 6.30. The molecule has 2 aromatic heterocycles. The molecule has 0 aromatic carbocycles. The van der Waals surface area contributed by atoms with Crippen LogP contribution in [0.25, 0.3) is 10.9 Å². The van der Waals surface area contributed by atoms with E-state index in [4.69, 9.17) is 16.3 Å². The number of halogens is 2. The molecule has 3 rings (SSSR count). The van der Waals surface area contributed by atoms with Crippen molar-refractivity contribution in [3.05, 3.63) is 17.2 Å². The van der Waals surface area contributed by atoms with Crippen molar-refractivity contribution >= 4 is 28.3 Å². The molecular weight excluding hydrogens is 297 g/mol. The molecule has 1 aliphatic heterocycles. The fourth-order valence-corrected chi connectivity index (χ4v) is 2.64. The van der Waals surface area contributed by atoms with Gasteiger partial charge in [-0.3, -0.25) is 0 Å². The van der Waals surface area contributed by atoms with Crippen LogP contribution in [-0.4, -0.2) is 48.2 Å². The van der Waals surface area contributed by atoms with E-state index in [0.29, 0.717) is 11.2 Å². The number of nitrogens with zero attached hydrogens (tertiary/aromatic N) is 4. The monoisotopic (exact) mass is 311 g/mol. The Hall–Kier alpha value is -1.73. The van der Waals surface area contributed by atoms with Crippen LogP contribution in [0, 0.1) is 5.82 Å². The van der Waals surface area contributed by atoms with Gasteiger partial charge in [-0.2, -0.15) is 9.97 Å². The van der Waals surface area contributed by atoms with Gasteiger partial charge in [-0.05, 0) is 13.0 Å². The van der Waals surface area contributed by atoms with Crippen LogP contribution in [0.15, 0.2) is 6.20 Å². The van der Waals surface area contributed by atoms with Gasteiger partial charge < -0.3 is 15.0 Å². The minimum atomic E-state index is -0.658. The van der Waals surface area contributed by atoms with E-state index < -0.39 is 5.82 Å². The van der Waals surface area contributed by atoms with Crippen LogP contribution < -0.4 is 15.0 Å². The minimum absolute atomic E-state index is 0.108. The smallest absolute Gasteiger partial charge is 0.318 e. The van der Waals surface area contributed by atoms with E-state index in [-0.39, 0.29) is 22.7 Å². The lowest BCUT2D eigenvalue weighted by Crippen LogP contribution is -2.34. The molecule has 2 aromatic rings. The summed E-state index contributed by atoms with van der Waals surface area (Å²) in [4.78, 5) is 14.3. The second-order valence-corrected chi connectivity index (χ2v) is 5.27. The van der Waals surface area contributed by atoms with Crippen LogP contribution in [0.3, 0.4) is 0 Å². The van der Waals surface area contributed by atoms with Crippen molar-refractivity contribution in [1.29, 1.82) is 0 Å². The molecule has 3 heterocycles. The van der Waals surface area contributed by atoms with Gasteiger partial charge in [-0.25, -0.2) is 9.37 Å². The summed E-state index contributed by atoms with van der Waals surface area (Å²) in [5.41, 5.74) is 0.120. The van der Waals surface area contributed by atoms with Crippen LogP contribution in [0.5, 0.6) is 6.01 Å². The normalized spacial score (nSPS) is 18.2. The Balaban J connectivity index is 2.18. The number of aromatic nitrogens is 3. The highest BCUT2D eigenvalue weighted by atomic mass is 35.5. The van der Waals surface area contributed by atoms with Crippen molar-refractivity contribution in [1.82, 2.24) is 20.3 Å². The number of methoxy groups -OCH3 is 1. The number of rotatable bonds is 3. The third kappa shape index (κ3) is 2.47. The number of hydrogen-bond donors (Lipinski definition) is 1. The van der Waals surface area contributed by atoms with Gasteiger partial charge in [0.05, 0.1) is 12.5 Å². The molecule has 1 atom stereocenters. The highest BCUT2D eigenvalue weighted by Gasteiger charge is 2.24. The van der Waals surface area contributed by atoms with E-state index in [1.165, 1.54) is 13.3 Å². The van der Waals surface area contributed by atoms with Crippen LogP contribution in [0.2, 0.25) is 5.15 Å². The zero-order valence-electron chi connectivity index (χ0n) is 11.7. The van der Waals surface area contributed by atoms with Gasteiger partial charge in [0, 0.05) is 25.8 Å². The maximum absolute atomic E-state index is 14.2. The Morgan fingerprint density at radius 2 is 2.29 bits per heavy atom. The van der Waals surface area contributed by atoms with Crippen molar-refractivity contribution < 1.29 is 9.13 Å². The summed E-state index contributed by atoms with van der Waals surface area (Å²) in [5.74, 6) is -0.0670. The summed E-state index contributed by atoms with van der Waals surface area (Å²) in [6, 6.07) is 0.392. The van der Waals surface area contributed by atoms with Crippen LogP contribution in [0.4, 0.5) is 10.2 Å². The van der Waals surface area contributed by atoms with Gasteiger partial charge in [0.15, 0.2) is 11.0 Å². The Kier molecular flexibility index (Phi) is 3.77. The second kappa shape index (κ2) is 5.57. The number of ether oxygens (including phenoxy) is 1. The summed E-state index contributed by atoms with van der Waals surface area (Å²) >= 11 is 5.73. The molecule has 1 aliphatic rings. The summed E-state index contributed by atoms with van der Waals surface area (Å²) in [6.45, 7) is 1.81. The molecular formula is C13H15ClFN5O. The van der Waals surface area contributed by atoms with Gasteiger partial charge in [0.25, 0.3) is 0 Å². The zero-order valence-corrected chi connectivity index (χ0v) is 12.5. The van der Waals surface area contributed by atoms with Crippen molar-refractivity contribution in [2.24, 2.45) is 0 Å². The second-order valence-electron chi connectivity index (χ2n) is 4.92. The van der Waals surface area contributed by atoms with Crippen molar-refractivity contribution in [2.45, 2.75) is 12.5 Å². The van der Waals surface area contributed by atoms with E-state index in [1.54, 1.807) is 0 Å². The molecule has 112 valence electrons. The predicted molar refractivity (Wildman–Crippen MR) is 78.5 cm³/mol. The van der Waals surface area contributed by atoms with Gasteiger partial charge >= 0.3 is 6.01 Å². The molecule has 1 saturated heterocycles. The number of anilines is 1. The number of nitrogens with one attached hydrogen (secondary N) is 1. The average Bonchev–Trinajstić information content (AvgIpc) is 3.03. The molecule has 0 aliphatic carbocycles. The first-order valence-corrected chi connectivity index (χ1v) is 6.99. The number of hydrogen-bond acceptors (Lipinski definition) is 6. The molecule has 1 unspecified atom stereocenters. The topological polar surface area (TPSA) is 63.2 Å². The molecule has 0 radical (unpaired) electrons. The first-order valence-electron chi connectivity index (χ1n) is 6.61.